The zero-order valence-corrected chi connectivity index (χ0v) is 14.9. The summed E-state index contributed by atoms with van der Waals surface area (Å²) in [7, 11) is 0. The Morgan fingerprint density at radius 1 is 1.41 bits per heavy atom. The standard InChI is InChI=1S/C17H22N4O6/c1-2-4-13(16(24)19-9-22)21-8-12-11(17(21)25)5-3-6-14(12)27-10-18-7-15(23)20-26/h3,5-6,9,13,18,26H,2,4,7-8,10H2,1H3,(H,20,23)(H,19,22,24). The molecule has 0 saturated heterocycles. The number of hydroxylamine groups is 1. The van der Waals surface area contributed by atoms with E-state index in [2.05, 4.69) is 10.6 Å². The fourth-order valence-electron chi connectivity index (χ4n) is 2.90. The van der Waals surface area contributed by atoms with Gasteiger partial charge in [0.1, 0.15) is 18.5 Å². The Kier molecular flexibility index (Phi) is 7.26. The fraction of sp³-hybridized carbons (Fsp3) is 0.412. The van der Waals surface area contributed by atoms with Crippen LogP contribution in [-0.2, 0) is 20.9 Å². The van der Waals surface area contributed by atoms with Crippen molar-refractivity contribution in [2.24, 2.45) is 0 Å². The minimum atomic E-state index is -0.751. The van der Waals surface area contributed by atoms with Gasteiger partial charge in [-0.3, -0.25) is 35.0 Å². The Hall–Kier alpha value is -2.98. The predicted octanol–water partition coefficient (Wildman–Crippen LogP) is -0.485. The predicted molar refractivity (Wildman–Crippen MR) is 92.6 cm³/mol. The maximum Gasteiger partial charge on any atom is 0.257 e. The first kappa shape index (κ1) is 20.3. The summed E-state index contributed by atoms with van der Waals surface area (Å²) in [6, 6.07) is 4.25. The molecule has 4 amide bonds. The first-order valence-corrected chi connectivity index (χ1v) is 8.46. The summed E-state index contributed by atoms with van der Waals surface area (Å²) in [4.78, 5) is 47.9. The average Bonchev–Trinajstić information content (AvgIpc) is 3.00. The van der Waals surface area contributed by atoms with Crippen LogP contribution in [0.5, 0.6) is 5.75 Å². The first-order chi connectivity index (χ1) is 13.0. The summed E-state index contributed by atoms with van der Waals surface area (Å²) in [6.45, 7) is 1.92. The van der Waals surface area contributed by atoms with Crippen molar-refractivity contribution in [3.05, 3.63) is 29.3 Å². The summed E-state index contributed by atoms with van der Waals surface area (Å²) in [5.41, 5.74) is 2.56. The van der Waals surface area contributed by atoms with Gasteiger partial charge in [-0.2, -0.15) is 0 Å². The number of imide groups is 1. The minimum absolute atomic E-state index is 0.0118. The van der Waals surface area contributed by atoms with Gasteiger partial charge in [0.25, 0.3) is 11.8 Å². The molecule has 2 rings (SSSR count). The van der Waals surface area contributed by atoms with Gasteiger partial charge >= 0.3 is 0 Å². The number of hydrogen-bond acceptors (Lipinski definition) is 7. The van der Waals surface area contributed by atoms with Crippen molar-refractivity contribution in [2.75, 3.05) is 13.3 Å². The Labute approximate surface area is 155 Å². The van der Waals surface area contributed by atoms with E-state index in [-0.39, 0.29) is 25.7 Å². The first-order valence-electron chi connectivity index (χ1n) is 8.46. The molecule has 1 aromatic carbocycles. The Morgan fingerprint density at radius 2 is 2.19 bits per heavy atom. The second-order valence-corrected chi connectivity index (χ2v) is 5.90. The lowest BCUT2D eigenvalue weighted by atomic mass is 10.1. The number of fused-ring (bicyclic) bond motifs is 1. The molecule has 1 aliphatic rings. The lowest BCUT2D eigenvalue weighted by molar-refractivity contribution is -0.129. The van der Waals surface area contributed by atoms with Crippen LogP contribution in [0, 0.1) is 0 Å². The zero-order valence-electron chi connectivity index (χ0n) is 14.9. The highest BCUT2D eigenvalue weighted by Gasteiger charge is 2.37. The highest BCUT2D eigenvalue weighted by Crippen LogP contribution is 2.32. The molecule has 0 aliphatic carbocycles. The fourth-order valence-corrected chi connectivity index (χ4v) is 2.90. The van der Waals surface area contributed by atoms with Crippen molar-refractivity contribution < 1.29 is 29.1 Å². The van der Waals surface area contributed by atoms with Crippen LogP contribution in [0.2, 0.25) is 0 Å². The molecule has 0 spiro atoms. The number of benzene rings is 1. The maximum atomic E-state index is 12.7. The number of carbonyl (C=O) groups excluding carboxylic acids is 4. The molecular formula is C17H22N4O6. The molecule has 1 heterocycles. The van der Waals surface area contributed by atoms with Crippen LogP contribution in [0.15, 0.2) is 18.2 Å². The Bertz CT molecular complexity index is 723. The van der Waals surface area contributed by atoms with Crippen molar-refractivity contribution in [3.8, 4) is 5.75 Å². The van der Waals surface area contributed by atoms with Gasteiger partial charge in [0.05, 0.1) is 13.1 Å². The van der Waals surface area contributed by atoms with Gasteiger partial charge < -0.3 is 9.64 Å². The normalized spacial score (nSPS) is 13.7. The van der Waals surface area contributed by atoms with E-state index >= 15 is 0 Å². The second kappa shape index (κ2) is 9.64. The lowest BCUT2D eigenvalue weighted by Crippen LogP contribution is -2.46. The third-order valence-corrected chi connectivity index (χ3v) is 4.13. The molecule has 0 fully saturated rings. The third-order valence-electron chi connectivity index (χ3n) is 4.13. The molecule has 146 valence electrons. The van der Waals surface area contributed by atoms with Crippen molar-refractivity contribution in [1.29, 1.82) is 0 Å². The number of rotatable bonds is 10. The molecule has 0 saturated carbocycles. The summed E-state index contributed by atoms with van der Waals surface area (Å²) in [5, 5.41) is 13.2. The van der Waals surface area contributed by atoms with Crippen LogP contribution >= 0.6 is 0 Å². The van der Waals surface area contributed by atoms with Gasteiger partial charge in [-0.15, -0.1) is 0 Å². The SMILES string of the molecule is CCCC(C(=O)NC=O)N1Cc2c(OCNCC(=O)NO)cccc2C1=O. The van der Waals surface area contributed by atoms with Crippen LogP contribution in [0.25, 0.3) is 0 Å². The van der Waals surface area contributed by atoms with E-state index in [0.29, 0.717) is 36.1 Å². The number of nitrogens with one attached hydrogen (secondary N) is 3. The molecule has 1 unspecified atom stereocenters. The quantitative estimate of drug-likeness (QED) is 0.142. The molecule has 27 heavy (non-hydrogen) atoms. The van der Waals surface area contributed by atoms with Gasteiger partial charge in [-0.1, -0.05) is 19.4 Å². The molecule has 1 aromatic rings. The average molecular weight is 378 g/mol. The summed E-state index contributed by atoms with van der Waals surface area (Å²) in [6.07, 6.45) is 1.39. The van der Waals surface area contributed by atoms with Gasteiger partial charge in [0.2, 0.25) is 12.3 Å². The summed E-state index contributed by atoms with van der Waals surface area (Å²) >= 11 is 0. The topological polar surface area (TPSA) is 137 Å². The summed E-state index contributed by atoms with van der Waals surface area (Å²) in [5.74, 6) is -0.983. The Balaban J connectivity index is 2.12. The van der Waals surface area contributed by atoms with Crippen molar-refractivity contribution in [1.82, 2.24) is 21.0 Å². The van der Waals surface area contributed by atoms with Crippen LogP contribution in [0.4, 0.5) is 0 Å². The van der Waals surface area contributed by atoms with Crippen molar-refractivity contribution in [2.45, 2.75) is 32.4 Å². The van der Waals surface area contributed by atoms with Gasteiger partial charge in [0, 0.05) is 11.1 Å². The molecule has 0 radical (unpaired) electrons. The number of amides is 4. The van der Waals surface area contributed by atoms with Gasteiger partial charge in [-0.05, 0) is 18.6 Å². The molecule has 0 bridgehead atoms. The number of carbonyl (C=O) groups is 4. The largest absolute Gasteiger partial charge is 0.478 e. The molecule has 0 aromatic heterocycles. The van der Waals surface area contributed by atoms with Crippen LogP contribution in [-0.4, -0.2) is 53.6 Å². The van der Waals surface area contributed by atoms with E-state index in [9.17, 15) is 19.2 Å². The van der Waals surface area contributed by atoms with E-state index in [1.165, 1.54) is 10.4 Å². The van der Waals surface area contributed by atoms with E-state index in [1.54, 1.807) is 18.2 Å². The summed E-state index contributed by atoms with van der Waals surface area (Å²) < 4.78 is 5.58. The highest BCUT2D eigenvalue weighted by atomic mass is 16.5. The zero-order chi connectivity index (χ0) is 19.8. The van der Waals surface area contributed by atoms with Crippen LogP contribution in [0.3, 0.4) is 0 Å². The Morgan fingerprint density at radius 3 is 2.85 bits per heavy atom. The molecule has 4 N–H and O–H groups in total. The highest BCUT2D eigenvalue weighted by molar-refractivity contribution is 6.02. The van der Waals surface area contributed by atoms with Gasteiger partial charge in [-0.25, -0.2) is 5.48 Å². The van der Waals surface area contributed by atoms with E-state index < -0.39 is 17.9 Å². The van der Waals surface area contributed by atoms with Gasteiger partial charge in [0.15, 0.2) is 0 Å². The monoisotopic (exact) mass is 378 g/mol. The van der Waals surface area contributed by atoms with Crippen LogP contribution in [0.1, 0.15) is 35.7 Å². The maximum absolute atomic E-state index is 12.7. The number of ether oxygens (including phenoxy) is 1. The smallest absolute Gasteiger partial charge is 0.257 e. The minimum Gasteiger partial charge on any atom is -0.478 e. The molecular weight excluding hydrogens is 356 g/mol. The lowest BCUT2D eigenvalue weighted by Gasteiger charge is -2.25. The van der Waals surface area contributed by atoms with E-state index in [0.717, 1.165) is 0 Å². The molecule has 10 heteroatoms. The third kappa shape index (κ3) is 4.80. The van der Waals surface area contributed by atoms with Crippen molar-refractivity contribution >= 4 is 24.1 Å². The molecule has 1 atom stereocenters. The van der Waals surface area contributed by atoms with Crippen molar-refractivity contribution in [3.63, 3.8) is 0 Å². The van der Waals surface area contributed by atoms with E-state index in [1.807, 2.05) is 6.92 Å². The number of hydrogen-bond donors (Lipinski definition) is 4. The van der Waals surface area contributed by atoms with Crippen LogP contribution < -0.4 is 20.9 Å². The molecule has 10 nitrogen and oxygen atoms in total. The second-order valence-electron chi connectivity index (χ2n) is 5.90. The van der Waals surface area contributed by atoms with E-state index in [4.69, 9.17) is 9.94 Å². The number of nitrogens with zero attached hydrogens (tertiary/aromatic N) is 1. The molecule has 1 aliphatic heterocycles.